The zero-order valence-corrected chi connectivity index (χ0v) is 17.3. The minimum absolute atomic E-state index is 0.219. The molecule has 29 heavy (non-hydrogen) atoms. The van der Waals surface area contributed by atoms with Crippen LogP contribution in [0.3, 0.4) is 0 Å². The summed E-state index contributed by atoms with van der Waals surface area (Å²) in [6.07, 6.45) is 5.76. The minimum atomic E-state index is -0.219. The standard InChI is InChI=1S/C24H30N4O/c1-3-12-28-13-10-18(11-14-28)21-16-25-23-9-8-19(15-20(21)23)26-24(29)27-22-7-5-4-6-17(22)2/h4-9,15-16,18,25H,3,10-14H2,1-2H3,(H2,26,27,29). The van der Waals surface area contributed by atoms with Gasteiger partial charge in [0.15, 0.2) is 0 Å². The maximum atomic E-state index is 12.5. The predicted molar refractivity (Wildman–Crippen MR) is 121 cm³/mol. The highest BCUT2D eigenvalue weighted by atomic mass is 16.2. The van der Waals surface area contributed by atoms with Gasteiger partial charge in [-0.25, -0.2) is 4.79 Å². The Morgan fingerprint density at radius 2 is 1.93 bits per heavy atom. The number of hydrogen-bond donors (Lipinski definition) is 3. The van der Waals surface area contributed by atoms with E-state index < -0.39 is 0 Å². The van der Waals surface area contributed by atoms with Crippen LogP contribution in [0.1, 0.15) is 43.2 Å². The molecule has 0 unspecified atom stereocenters. The highest BCUT2D eigenvalue weighted by Gasteiger charge is 2.22. The van der Waals surface area contributed by atoms with Crippen LogP contribution in [0.4, 0.5) is 16.2 Å². The van der Waals surface area contributed by atoms with Gasteiger partial charge in [0.1, 0.15) is 0 Å². The fourth-order valence-corrected chi connectivity index (χ4v) is 4.34. The number of aromatic amines is 1. The second-order valence-corrected chi connectivity index (χ2v) is 8.01. The van der Waals surface area contributed by atoms with E-state index in [0.29, 0.717) is 5.92 Å². The molecule has 0 spiro atoms. The highest BCUT2D eigenvalue weighted by Crippen LogP contribution is 2.34. The number of nitrogens with one attached hydrogen (secondary N) is 3. The van der Waals surface area contributed by atoms with Crippen molar-refractivity contribution in [2.75, 3.05) is 30.3 Å². The molecule has 5 heteroatoms. The number of aromatic nitrogens is 1. The van der Waals surface area contributed by atoms with E-state index >= 15 is 0 Å². The van der Waals surface area contributed by atoms with Crippen LogP contribution in [0.15, 0.2) is 48.7 Å². The fourth-order valence-electron chi connectivity index (χ4n) is 4.34. The molecule has 1 aliphatic rings. The van der Waals surface area contributed by atoms with E-state index in [2.05, 4.69) is 45.8 Å². The van der Waals surface area contributed by atoms with E-state index in [1.807, 2.05) is 37.3 Å². The molecule has 2 amide bonds. The summed E-state index contributed by atoms with van der Waals surface area (Å²) >= 11 is 0. The van der Waals surface area contributed by atoms with Crippen molar-refractivity contribution in [3.05, 3.63) is 59.8 Å². The van der Waals surface area contributed by atoms with Crippen molar-refractivity contribution in [1.82, 2.24) is 9.88 Å². The van der Waals surface area contributed by atoms with Crippen LogP contribution < -0.4 is 10.6 Å². The molecule has 0 radical (unpaired) electrons. The molecule has 4 rings (SSSR count). The fraction of sp³-hybridized carbons (Fsp3) is 0.375. The smallest absolute Gasteiger partial charge is 0.323 e. The number of fused-ring (bicyclic) bond motifs is 1. The van der Waals surface area contributed by atoms with Crippen LogP contribution in [0.2, 0.25) is 0 Å². The van der Waals surface area contributed by atoms with Crippen LogP contribution in [0, 0.1) is 6.92 Å². The molecule has 2 heterocycles. The number of para-hydroxylation sites is 1. The van der Waals surface area contributed by atoms with E-state index in [0.717, 1.165) is 22.5 Å². The SMILES string of the molecule is CCCN1CCC(c2c[nH]c3ccc(NC(=O)Nc4ccccc4C)cc23)CC1. The molecule has 5 nitrogen and oxygen atoms in total. The van der Waals surface area contributed by atoms with Crippen molar-refractivity contribution >= 4 is 28.3 Å². The molecule has 1 saturated heterocycles. The number of carbonyl (C=O) groups excluding carboxylic acids is 1. The average molecular weight is 391 g/mol. The Balaban J connectivity index is 1.47. The Kier molecular flexibility index (Phi) is 5.86. The van der Waals surface area contributed by atoms with Crippen LogP contribution in [0.5, 0.6) is 0 Å². The number of amides is 2. The van der Waals surface area contributed by atoms with Crippen LogP contribution in [-0.2, 0) is 0 Å². The van der Waals surface area contributed by atoms with Gasteiger partial charge in [-0.05, 0) is 87.1 Å². The van der Waals surface area contributed by atoms with Gasteiger partial charge in [-0.3, -0.25) is 0 Å². The first-order valence-corrected chi connectivity index (χ1v) is 10.6. The van der Waals surface area contributed by atoms with Gasteiger partial charge >= 0.3 is 6.03 Å². The van der Waals surface area contributed by atoms with Gasteiger partial charge in [0.25, 0.3) is 0 Å². The van der Waals surface area contributed by atoms with Gasteiger partial charge < -0.3 is 20.5 Å². The van der Waals surface area contributed by atoms with Crippen molar-refractivity contribution in [3.63, 3.8) is 0 Å². The number of aryl methyl sites for hydroxylation is 1. The Bertz CT molecular complexity index is 985. The molecule has 0 bridgehead atoms. The van der Waals surface area contributed by atoms with E-state index in [1.165, 1.54) is 49.8 Å². The number of piperidine rings is 1. The first-order valence-electron chi connectivity index (χ1n) is 10.6. The third kappa shape index (κ3) is 4.46. The Morgan fingerprint density at radius 3 is 2.69 bits per heavy atom. The summed E-state index contributed by atoms with van der Waals surface area (Å²) in [6.45, 7) is 7.77. The van der Waals surface area contributed by atoms with Gasteiger partial charge in [0.2, 0.25) is 0 Å². The molecule has 1 aliphatic heterocycles. The molecule has 0 atom stereocenters. The summed E-state index contributed by atoms with van der Waals surface area (Å²) < 4.78 is 0. The summed E-state index contributed by atoms with van der Waals surface area (Å²) in [4.78, 5) is 18.4. The Hall–Kier alpha value is -2.79. The van der Waals surface area contributed by atoms with E-state index in [9.17, 15) is 4.79 Å². The van der Waals surface area contributed by atoms with Crippen molar-refractivity contribution < 1.29 is 4.79 Å². The summed E-state index contributed by atoms with van der Waals surface area (Å²) in [7, 11) is 0. The largest absolute Gasteiger partial charge is 0.361 e. The topological polar surface area (TPSA) is 60.2 Å². The lowest BCUT2D eigenvalue weighted by molar-refractivity contribution is 0.213. The first-order chi connectivity index (χ1) is 14.1. The van der Waals surface area contributed by atoms with Crippen molar-refractivity contribution in [2.24, 2.45) is 0 Å². The lowest BCUT2D eigenvalue weighted by Gasteiger charge is -2.31. The molecule has 2 aromatic carbocycles. The molecule has 1 fully saturated rings. The monoisotopic (exact) mass is 390 g/mol. The second-order valence-electron chi connectivity index (χ2n) is 8.01. The third-order valence-electron chi connectivity index (χ3n) is 5.93. The number of likely N-dealkylation sites (tertiary alicyclic amines) is 1. The van der Waals surface area contributed by atoms with E-state index in [4.69, 9.17) is 0 Å². The quantitative estimate of drug-likeness (QED) is 0.522. The molecule has 0 aliphatic carbocycles. The average Bonchev–Trinajstić information content (AvgIpc) is 3.14. The maximum Gasteiger partial charge on any atom is 0.323 e. The Labute approximate surface area is 172 Å². The predicted octanol–water partition coefficient (Wildman–Crippen LogP) is 5.71. The number of hydrogen-bond acceptors (Lipinski definition) is 2. The van der Waals surface area contributed by atoms with E-state index in [1.54, 1.807) is 0 Å². The maximum absolute atomic E-state index is 12.5. The lowest BCUT2D eigenvalue weighted by Crippen LogP contribution is -2.33. The van der Waals surface area contributed by atoms with Gasteiger partial charge in [-0.15, -0.1) is 0 Å². The highest BCUT2D eigenvalue weighted by molar-refractivity contribution is 6.01. The summed E-state index contributed by atoms with van der Waals surface area (Å²) in [5.41, 5.74) is 5.18. The number of rotatable bonds is 5. The number of urea groups is 1. The normalized spacial score (nSPS) is 15.5. The Morgan fingerprint density at radius 1 is 1.14 bits per heavy atom. The van der Waals surface area contributed by atoms with Crippen molar-refractivity contribution in [1.29, 1.82) is 0 Å². The van der Waals surface area contributed by atoms with Crippen molar-refractivity contribution in [2.45, 2.75) is 39.0 Å². The van der Waals surface area contributed by atoms with Gasteiger partial charge in [-0.2, -0.15) is 0 Å². The first kappa shape index (κ1) is 19.5. The molecule has 0 saturated carbocycles. The number of H-pyrrole nitrogens is 1. The lowest BCUT2D eigenvalue weighted by atomic mass is 9.89. The van der Waals surface area contributed by atoms with Gasteiger partial charge in [0, 0.05) is 28.5 Å². The van der Waals surface area contributed by atoms with Crippen molar-refractivity contribution in [3.8, 4) is 0 Å². The number of nitrogens with zero attached hydrogens (tertiary/aromatic N) is 1. The number of benzene rings is 2. The van der Waals surface area contributed by atoms with E-state index in [-0.39, 0.29) is 6.03 Å². The van der Waals surface area contributed by atoms with Crippen LogP contribution in [0.25, 0.3) is 10.9 Å². The molecular formula is C24H30N4O. The summed E-state index contributed by atoms with van der Waals surface area (Å²) in [6, 6.07) is 13.7. The van der Waals surface area contributed by atoms with Crippen LogP contribution in [-0.4, -0.2) is 35.5 Å². The zero-order valence-electron chi connectivity index (χ0n) is 17.3. The third-order valence-corrected chi connectivity index (χ3v) is 5.93. The summed E-state index contributed by atoms with van der Waals surface area (Å²) in [5, 5.41) is 7.13. The number of carbonyl (C=O) groups is 1. The second kappa shape index (κ2) is 8.70. The number of anilines is 2. The summed E-state index contributed by atoms with van der Waals surface area (Å²) in [5.74, 6) is 0.577. The van der Waals surface area contributed by atoms with Gasteiger partial charge in [-0.1, -0.05) is 25.1 Å². The minimum Gasteiger partial charge on any atom is -0.361 e. The molecule has 3 aromatic rings. The molecule has 1 aromatic heterocycles. The van der Waals surface area contributed by atoms with Gasteiger partial charge in [0.05, 0.1) is 0 Å². The molecular weight excluding hydrogens is 360 g/mol. The zero-order chi connectivity index (χ0) is 20.2. The molecule has 3 N–H and O–H groups in total. The molecule has 152 valence electrons. The van der Waals surface area contributed by atoms with Crippen LogP contribution >= 0.6 is 0 Å².